The van der Waals surface area contributed by atoms with Crippen molar-refractivity contribution in [1.82, 2.24) is 35.7 Å². The Morgan fingerprint density at radius 3 is 2.60 bits per heavy atom. The maximum atomic E-state index is 14.2. The minimum absolute atomic E-state index is 0.0718. The first kappa shape index (κ1) is 33.3. The van der Waals surface area contributed by atoms with Gasteiger partial charge in [-0.3, -0.25) is 9.59 Å². The quantitative estimate of drug-likeness (QED) is 0.328. The van der Waals surface area contributed by atoms with Crippen molar-refractivity contribution >= 4 is 35.2 Å². The van der Waals surface area contributed by atoms with E-state index in [1.165, 1.54) is 21.0 Å². The molecule has 1 saturated heterocycles. The number of rotatable bonds is 5. The number of fused-ring (bicyclic) bond motifs is 2. The second-order valence-electron chi connectivity index (χ2n) is 13.7. The van der Waals surface area contributed by atoms with Gasteiger partial charge in [0, 0.05) is 23.8 Å². The second-order valence-corrected chi connectivity index (χ2v) is 14.8. The van der Waals surface area contributed by atoms with Crippen molar-refractivity contribution in [3.8, 4) is 21.1 Å². The molecule has 6 rings (SSSR count). The number of aliphatic carboxylic acids is 1. The Kier molecular flexibility index (Phi) is 9.37. The van der Waals surface area contributed by atoms with Gasteiger partial charge in [0.05, 0.1) is 10.9 Å². The van der Waals surface area contributed by atoms with Gasteiger partial charge >= 0.3 is 12.1 Å². The number of hydrogen-bond acceptors (Lipinski definition) is 9. The summed E-state index contributed by atoms with van der Waals surface area (Å²) < 4.78 is 5.47. The predicted octanol–water partition coefficient (Wildman–Crippen LogP) is 4.58. The van der Waals surface area contributed by atoms with Crippen LogP contribution in [-0.2, 0) is 19.1 Å². The highest BCUT2D eigenvalue weighted by Crippen LogP contribution is 2.45. The molecule has 13 nitrogen and oxygen atoms in total. The van der Waals surface area contributed by atoms with Crippen LogP contribution in [0.15, 0.2) is 54.6 Å². The van der Waals surface area contributed by atoms with Gasteiger partial charge in [0.1, 0.15) is 23.2 Å². The maximum Gasteiger partial charge on any atom is 0.408 e. The van der Waals surface area contributed by atoms with Crippen LogP contribution in [0.3, 0.4) is 0 Å². The number of benzene rings is 1. The van der Waals surface area contributed by atoms with Crippen LogP contribution in [0.5, 0.6) is 0 Å². The fraction of sp³-hybridized carbons (Fsp3) is 0.500. The Hall–Kier alpha value is -4.59. The second kappa shape index (κ2) is 13.5. The van der Waals surface area contributed by atoms with Crippen LogP contribution < -0.4 is 10.6 Å². The summed E-state index contributed by atoms with van der Waals surface area (Å²) in [6, 6.07) is 11.4. The number of aromatic nitrogens is 4. The monoisotopic (exact) mass is 675 g/mol. The molecule has 2 aliphatic heterocycles. The third kappa shape index (κ3) is 7.28. The van der Waals surface area contributed by atoms with E-state index < -0.39 is 53.1 Å². The largest absolute Gasteiger partial charge is 0.479 e. The first-order valence-electron chi connectivity index (χ1n) is 16.4. The third-order valence-electron chi connectivity index (χ3n) is 8.97. The normalized spacial score (nSPS) is 27.1. The SMILES string of the molecule is CC(C)(C)OC(=O)N[C@@H]1CCCCC/C=C\[C@@H]2C[C@]2(C(=O)O)NC(=O)[C@@H]2CC(n3nnc(-c4ccc(-c5ccccc5)s4)n3)CN2C1=O. The molecule has 3 aliphatic rings. The number of hydrogen-bond donors (Lipinski definition) is 3. The number of carbonyl (C=O) groups is 4. The van der Waals surface area contributed by atoms with Crippen LogP contribution in [0, 0.1) is 5.92 Å². The van der Waals surface area contributed by atoms with E-state index in [1.807, 2.05) is 54.6 Å². The van der Waals surface area contributed by atoms with Gasteiger partial charge < -0.3 is 25.4 Å². The number of carboxylic acid groups (broad SMARTS) is 1. The summed E-state index contributed by atoms with van der Waals surface area (Å²) in [6.45, 7) is 5.30. The lowest BCUT2D eigenvalue weighted by Gasteiger charge is -2.30. The summed E-state index contributed by atoms with van der Waals surface area (Å²) in [7, 11) is 0. The van der Waals surface area contributed by atoms with Gasteiger partial charge in [-0.25, -0.2) is 9.59 Å². The lowest BCUT2D eigenvalue weighted by atomic mass is 10.0. The molecule has 3 amide bonds. The minimum atomic E-state index is -1.43. The van der Waals surface area contributed by atoms with Gasteiger partial charge in [0.2, 0.25) is 17.6 Å². The molecule has 4 heterocycles. The van der Waals surface area contributed by atoms with E-state index in [9.17, 15) is 24.3 Å². The fourth-order valence-corrected chi connectivity index (χ4v) is 7.33. The van der Waals surface area contributed by atoms with Gasteiger partial charge in [-0.05, 0) is 69.4 Å². The summed E-state index contributed by atoms with van der Waals surface area (Å²) in [5, 5.41) is 28.9. The van der Waals surface area contributed by atoms with Crippen molar-refractivity contribution < 1.29 is 29.0 Å². The Morgan fingerprint density at radius 2 is 1.85 bits per heavy atom. The summed E-state index contributed by atoms with van der Waals surface area (Å²) in [6.07, 6.45) is 6.94. The molecule has 0 spiro atoms. The molecule has 3 N–H and O–H groups in total. The Bertz CT molecular complexity index is 1700. The van der Waals surface area contributed by atoms with Gasteiger partial charge in [0.25, 0.3) is 0 Å². The highest BCUT2D eigenvalue weighted by Gasteiger charge is 2.61. The molecule has 2 fully saturated rings. The van der Waals surface area contributed by atoms with E-state index in [4.69, 9.17) is 4.74 Å². The molecule has 5 atom stereocenters. The van der Waals surface area contributed by atoms with Crippen molar-refractivity contribution in [2.75, 3.05) is 6.54 Å². The van der Waals surface area contributed by atoms with Crippen molar-refractivity contribution in [2.45, 2.75) is 95.0 Å². The Balaban J connectivity index is 1.27. The number of nitrogens with one attached hydrogen (secondary N) is 2. The molecule has 1 aliphatic carbocycles. The lowest BCUT2D eigenvalue weighted by molar-refractivity contribution is -0.145. The molecular weight excluding hydrogens is 634 g/mol. The molecule has 1 saturated carbocycles. The van der Waals surface area contributed by atoms with Crippen molar-refractivity contribution in [2.24, 2.45) is 5.92 Å². The number of ether oxygens (including phenoxy) is 1. The van der Waals surface area contributed by atoms with Crippen molar-refractivity contribution in [3.05, 3.63) is 54.6 Å². The molecule has 14 heteroatoms. The third-order valence-corrected chi connectivity index (χ3v) is 10.1. The van der Waals surface area contributed by atoms with E-state index in [-0.39, 0.29) is 25.3 Å². The fourth-order valence-electron chi connectivity index (χ4n) is 6.39. The van der Waals surface area contributed by atoms with E-state index in [0.29, 0.717) is 18.7 Å². The summed E-state index contributed by atoms with van der Waals surface area (Å²) in [5.41, 5.74) is -1.12. The van der Waals surface area contributed by atoms with Crippen LogP contribution in [0.25, 0.3) is 21.1 Å². The molecule has 1 aromatic carbocycles. The molecule has 2 aromatic heterocycles. The Labute approximate surface area is 282 Å². The molecule has 0 radical (unpaired) electrons. The number of carbonyl (C=O) groups excluding carboxylic acids is 3. The number of allylic oxidation sites excluding steroid dienone is 1. The van der Waals surface area contributed by atoms with Gasteiger partial charge in [-0.1, -0.05) is 55.3 Å². The van der Waals surface area contributed by atoms with E-state index in [1.54, 1.807) is 20.8 Å². The molecule has 0 bridgehead atoms. The van der Waals surface area contributed by atoms with Crippen LogP contribution in [0.2, 0.25) is 0 Å². The summed E-state index contributed by atoms with van der Waals surface area (Å²) in [5.74, 6) is -2.04. The smallest absolute Gasteiger partial charge is 0.408 e. The molecule has 48 heavy (non-hydrogen) atoms. The first-order chi connectivity index (χ1) is 22.9. The summed E-state index contributed by atoms with van der Waals surface area (Å²) in [4.78, 5) is 58.1. The van der Waals surface area contributed by atoms with Crippen LogP contribution in [0.4, 0.5) is 4.79 Å². The van der Waals surface area contributed by atoms with Gasteiger partial charge in [-0.2, -0.15) is 4.80 Å². The zero-order valence-electron chi connectivity index (χ0n) is 27.3. The average molecular weight is 676 g/mol. The number of nitrogens with zero attached hydrogens (tertiary/aromatic N) is 5. The number of tetrazole rings is 1. The minimum Gasteiger partial charge on any atom is -0.479 e. The Morgan fingerprint density at radius 1 is 1.08 bits per heavy atom. The zero-order valence-corrected chi connectivity index (χ0v) is 28.1. The molecule has 1 unspecified atom stereocenters. The van der Waals surface area contributed by atoms with Crippen LogP contribution in [-0.4, -0.2) is 83.9 Å². The molecular formula is C34H41N7O6S. The highest BCUT2D eigenvalue weighted by molar-refractivity contribution is 7.18. The van der Waals surface area contributed by atoms with E-state index in [0.717, 1.165) is 34.6 Å². The van der Waals surface area contributed by atoms with Crippen molar-refractivity contribution in [1.29, 1.82) is 0 Å². The molecule has 3 aromatic rings. The topological polar surface area (TPSA) is 169 Å². The van der Waals surface area contributed by atoms with Crippen LogP contribution in [0.1, 0.15) is 71.8 Å². The number of alkyl carbamates (subject to hydrolysis) is 1. The standard InChI is InChI=1S/C34H41N7O6S/c1-33(2,3)47-32(46)35-24-15-11-6-4-5-10-14-22-19-34(22,31(44)45)36-29(42)25-18-23(20-40(25)30(24)43)41-38-28(37-39-41)27-17-16-26(48-27)21-12-8-7-9-13-21/h7-10,12-14,16-17,22-25H,4-6,11,15,18-20H2,1-3H3,(H,35,46)(H,36,42)(H,44,45)/b14-10-/t22-,23?,24-,25+,34+/m1/s1. The highest BCUT2D eigenvalue weighted by atomic mass is 32.1. The average Bonchev–Trinajstić information content (AvgIpc) is 3.49. The number of carboxylic acids is 1. The van der Waals surface area contributed by atoms with Crippen molar-refractivity contribution in [3.63, 3.8) is 0 Å². The van der Waals surface area contributed by atoms with Gasteiger partial charge in [-0.15, -0.1) is 21.5 Å². The first-order valence-corrected chi connectivity index (χ1v) is 17.2. The maximum absolute atomic E-state index is 14.2. The number of thiophene rings is 1. The van der Waals surface area contributed by atoms with E-state index >= 15 is 0 Å². The lowest BCUT2D eigenvalue weighted by Crippen LogP contribution is -2.56. The predicted molar refractivity (Wildman–Crippen MR) is 178 cm³/mol. The number of amides is 3. The molecule has 254 valence electrons. The van der Waals surface area contributed by atoms with Crippen LogP contribution >= 0.6 is 11.3 Å². The van der Waals surface area contributed by atoms with E-state index in [2.05, 4.69) is 26.0 Å². The zero-order chi connectivity index (χ0) is 34.1. The van der Waals surface area contributed by atoms with Gasteiger partial charge in [0.15, 0.2) is 0 Å². The summed E-state index contributed by atoms with van der Waals surface area (Å²) >= 11 is 1.53.